The number of halogens is 1. The van der Waals surface area contributed by atoms with E-state index in [2.05, 4.69) is 20.4 Å². The first-order valence-corrected chi connectivity index (χ1v) is 8.62. The standard InChI is InChI=1S/C16H15ClN4O2S/c1-10-9-24-15(19-10)8-18-13(22)6-7-14-20-16(21-23-14)11-2-4-12(17)5-3-11/h2-5,9H,6-8H2,1H3,(H,18,22). The first kappa shape index (κ1) is 16.6. The first-order chi connectivity index (χ1) is 11.6. The monoisotopic (exact) mass is 362 g/mol. The zero-order valence-electron chi connectivity index (χ0n) is 13.0. The Balaban J connectivity index is 1.49. The minimum Gasteiger partial charge on any atom is -0.350 e. The minimum atomic E-state index is -0.0749. The number of benzene rings is 1. The second-order valence-corrected chi connectivity index (χ2v) is 6.56. The summed E-state index contributed by atoms with van der Waals surface area (Å²) in [6.07, 6.45) is 0.677. The molecule has 124 valence electrons. The van der Waals surface area contributed by atoms with Gasteiger partial charge in [0.25, 0.3) is 0 Å². The van der Waals surface area contributed by atoms with Crippen LogP contribution in [0.2, 0.25) is 5.02 Å². The van der Waals surface area contributed by atoms with Gasteiger partial charge in [-0.1, -0.05) is 16.8 Å². The molecule has 1 N–H and O–H groups in total. The third-order valence-electron chi connectivity index (χ3n) is 3.24. The molecule has 3 rings (SSSR count). The predicted octanol–water partition coefficient (Wildman–Crippen LogP) is 3.40. The maximum absolute atomic E-state index is 11.9. The predicted molar refractivity (Wildman–Crippen MR) is 91.8 cm³/mol. The zero-order valence-corrected chi connectivity index (χ0v) is 14.5. The molecule has 2 aromatic heterocycles. The van der Waals surface area contributed by atoms with Gasteiger partial charge in [0.1, 0.15) is 5.01 Å². The summed E-state index contributed by atoms with van der Waals surface area (Å²) < 4.78 is 5.18. The Labute approximate surface area is 147 Å². The number of hydrogen-bond acceptors (Lipinski definition) is 6. The topological polar surface area (TPSA) is 80.9 Å². The number of aromatic nitrogens is 3. The molecule has 6 nitrogen and oxygen atoms in total. The SMILES string of the molecule is Cc1csc(CNC(=O)CCc2nc(-c3ccc(Cl)cc3)no2)n1. The highest BCUT2D eigenvalue weighted by atomic mass is 35.5. The van der Waals surface area contributed by atoms with Gasteiger partial charge in [-0.25, -0.2) is 4.98 Å². The Morgan fingerprint density at radius 2 is 2.08 bits per heavy atom. The molecule has 8 heteroatoms. The molecule has 0 fully saturated rings. The molecule has 0 atom stereocenters. The van der Waals surface area contributed by atoms with Gasteiger partial charge in [-0.15, -0.1) is 11.3 Å². The van der Waals surface area contributed by atoms with E-state index in [0.717, 1.165) is 16.3 Å². The fraction of sp³-hybridized carbons (Fsp3) is 0.250. The molecule has 3 aromatic rings. The average Bonchev–Trinajstić information content (AvgIpc) is 3.21. The highest BCUT2D eigenvalue weighted by molar-refractivity contribution is 7.09. The van der Waals surface area contributed by atoms with E-state index in [4.69, 9.17) is 16.1 Å². The van der Waals surface area contributed by atoms with Gasteiger partial charge in [-0.3, -0.25) is 4.79 Å². The molecule has 0 radical (unpaired) electrons. The van der Waals surface area contributed by atoms with E-state index in [0.29, 0.717) is 29.7 Å². The summed E-state index contributed by atoms with van der Waals surface area (Å²) in [5.41, 5.74) is 1.78. The molecular formula is C16H15ClN4O2S. The summed E-state index contributed by atoms with van der Waals surface area (Å²) in [5.74, 6) is 0.842. The smallest absolute Gasteiger partial charge is 0.227 e. The van der Waals surface area contributed by atoms with Gasteiger partial charge >= 0.3 is 0 Å². The van der Waals surface area contributed by atoms with Crippen LogP contribution in [-0.2, 0) is 17.8 Å². The van der Waals surface area contributed by atoms with Crippen LogP contribution >= 0.6 is 22.9 Å². The van der Waals surface area contributed by atoms with Crippen molar-refractivity contribution >= 4 is 28.8 Å². The van der Waals surface area contributed by atoms with E-state index in [1.54, 1.807) is 12.1 Å². The number of rotatable bonds is 6. The lowest BCUT2D eigenvalue weighted by molar-refractivity contribution is -0.121. The highest BCUT2D eigenvalue weighted by Crippen LogP contribution is 2.19. The molecule has 24 heavy (non-hydrogen) atoms. The van der Waals surface area contributed by atoms with Gasteiger partial charge in [0, 0.05) is 34.5 Å². The van der Waals surface area contributed by atoms with E-state index in [9.17, 15) is 4.79 Å². The number of nitrogens with one attached hydrogen (secondary N) is 1. The molecule has 0 unspecified atom stereocenters. The second-order valence-electron chi connectivity index (χ2n) is 5.18. The van der Waals surface area contributed by atoms with Crippen molar-refractivity contribution in [3.05, 3.63) is 51.3 Å². The summed E-state index contributed by atoms with van der Waals surface area (Å²) in [4.78, 5) is 20.5. The maximum atomic E-state index is 11.9. The molecule has 0 aliphatic rings. The van der Waals surface area contributed by atoms with E-state index in [-0.39, 0.29) is 12.3 Å². The van der Waals surface area contributed by atoms with Crippen molar-refractivity contribution < 1.29 is 9.32 Å². The van der Waals surface area contributed by atoms with Crippen LogP contribution < -0.4 is 5.32 Å². The second kappa shape index (κ2) is 7.55. The van der Waals surface area contributed by atoms with E-state index in [1.807, 2.05) is 24.4 Å². The number of carbonyl (C=O) groups is 1. The van der Waals surface area contributed by atoms with Crippen molar-refractivity contribution in [3.63, 3.8) is 0 Å². The molecule has 2 heterocycles. The van der Waals surface area contributed by atoms with Crippen LogP contribution in [-0.4, -0.2) is 21.0 Å². The molecule has 0 bridgehead atoms. The number of carbonyl (C=O) groups excluding carboxylic acids is 1. The summed E-state index contributed by atoms with van der Waals surface area (Å²) >= 11 is 7.38. The van der Waals surface area contributed by atoms with E-state index < -0.39 is 0 Å². The number of nitrogens with zero attached hydrogens (tertiary/aromatic N) is 3. The summed E-state index contributed by atoms with van der Waals surface area (Å²) in [5, 5.41) is 10.2. The molecule has 0 aliphatic heterocycles. The van der Waals surface area contributed by atoms with E-state index in [1.165, 1.54) is 11.3 Å². The van der Waals surface area contributed by atoms with Crippen molar-refractivity contribution in [3.8, 4) is 11.4 Å². The maximum Gasteiger partial charge on any atom is 0.227 e. The Kier molecular flexibility index (Phi) is 5.22. The van der Waals surface area contributed by atoms with E-state index >= 15 is 0 Å². The quantitative estimate of drug-likeness (QED) is 0.726. The van der Waals surface area contributed by atoms with Gasteiger partial charge < -0.3 is 9.84 Å². The van der Waals surface area contributed by atoms with Gasteiger partial charge in [0.15, 0.2) is 0 Å². The zero-order chi connectivity index (χ0) is 16.9. The average molecular weight is 363 g/mol. The highest BCUT2D eigenvalue weighted by Gasteiger charge is 2.11. The molecular weight excluding hydrogens is 348 g/mol. The lowest BCUT2D eigenvalue weighted by atomic mass is 10.2. The lowest BCUT2D eigenvalue weighted by Crippen LogP contribution is -2.22. The molecule has 0 spiro atoms. The summed E-state index contributed by atoms with van der Waals surface area (Å²) in [7, 11) is 0. The van der Waals surface area contributed by atoms with Crippen LogP contribution in [0.15, 0.2) is 34.2 Å². The van der Waals surface area contributed by atoms with Crippen LogP contribution in [0.5, 0.6) is 0 Å². The number of hydrogen-bond donors (Lipinski definition) is 1. The number of aryl methyl sites for hydroxylation is 2. The first-order valence-electron chi connectivity index (χ1n) is 7.36. The van der Waals surface area contributed by atoms with Crippen molar-refractivity contribution in [2.75, 3.05) is 0 Å². The van der Waals surface area contributed by atoms with Crippen molar-refractivity contribution in [2.24, 2.45) is 0 Å². The Bertz CT molecular complexity index is 829. The number of amides is 1. The Morgan fingerprint density at radius 1 is 1.29 bits per heavy atom. The normalized spacial score (nSPS) is 10.8. The van der Waals surface area contributed by atoms with Gasteiger partial charge in [-0.05, 0) is 31.2 Å². The molecule has 1 amide bonds. The Hall–Kier alpha value is -2.25. The lowest BCUT2D eigenvalue weighted by Gasteiger charge is -2.01. The van der Waals surface area contributed by atoms with Crippen molar-refractivity contribution in [1.29, 1.82) is 0 Å². The fourth-order valence-electron chi connectivity index (χ4n) is 2.04. The fourth-order valence-corrected chi connectivity index (χ4v) is 2.88. The van der Waals surface area contributed by atoms with Gasteiger partial charge in [0.2, 0.25) is 17.6 Å². The van der Waals surface area contributed by atoms with Crippen LogP contribution in [0.3, 0.4) is 0 Å². The molecule has 0 saturated carbocycles. The van der Waals surface area contributed by atoms with Gasteiger partial charge in [-0.2, -0.15) is 4.98 Å². The minimum absolute atomic E-state index is 0.0749. The van der Waals surface area contributed by atoms with Crippen molar-refractivity contribution in [2.45, 2.75) is 26.3 Å². The molecule has 1 aromatic carbocycles. The Morgan fingerprint density at radius 3 is 2.79 bits per heavy atom. The molecule has 0 saturated heterocycles. The van der Waals surface area contributed by atoms with Crippen LogP contribution in [0.25, 0.3) is 11.4 Å². The molecule has 0 aliphatic carbocycles. The summed E-state index contributed by atoms with van der Waals surface area (Å²) in [6, 6.07) is 7.17. The van der Waals surface area contributed by atoms with Crippen LogP contribution in [0.4, 0.5) is 0 Å². The van der Waals surface area contributed by atoms with Crippen molar-refractivity contribution in [1.82, 2.24) is 20.4 Å². The van der Waals surface area contributed by atoms with Crippen LogP contribution in [0, 0.1) is 6.92 Å². The van der Waals surface area contributed by atoms with Gasteiger partial charge in [0.05, 0.1) is 6.54 Å². The summed E-state index contributed by atoms with van der Waals surface area (Å²) in [6.45, 7) is 2.37. The largest absolute Gasteiger partial charge is 0.350 e. The third kappa shape index (κ3) is 4.39. The number of thiazole rings is 1. The third-order valence-corrected chi connectivity index (χ3v) is 4.46. The van der Waals surface area contributed by atoms with Crippen LogP contribution in [0.1, 0.15) is 23.0 Å².